The first-order valence-electron chi connectivity index (χ1n) is 3.75. The van der Waals surface area contributed by atoms with E-state index in [4.69, 9.17) is 9.84 Å². The van der Waals surface area contributed by atoms with E-state index in [1.807, 2.05) is 31.2 Å². The Morgan fingerprint density at radius 2 is 2.00 bits per heavy atom. The quantitative estimate of drug-likeness (QED) is 0.857. The topological polar surface area (TPSA) is 29.5 Å². The lowest BCUT2D eigenvalue weighted by Gasteiger charge is -2.11. The van der Waals surface area contributed by atoms with E-state index in [1.54, 1.807) is 0 Å². The second-order valence-electron chi connectivity index (χ2n) is 2.56. The van der Waals surface area contributed by atoms with Crippen LogP contribution in [-0.4, -0.2) is 17.8 Å². The molecule has 0 aromatic heterocycles. The number of halogens is 1. The van der Waals surface area contributed by atoms with Crippen LogP contribution in [0.1, 0.15) is 6.92 Å². The van der Waals surface area contributed by atoms with Gasteiger partial charge in [0.2, 0.25) is 0 Å². The van der Waals surface area contributed by atoms with Gasteiger partial charge in [-0.25, -0.2) is 0 Å². The zero-order valence-electron chi connectivity index (χ0n) is 6.83. The number of aliphatic hydroxyl groups is 1. The normalized spacial score (nSPS) is 12.6. The van der Waals surface area contributed by atoms with Crippen LogP contribution in [0.5, 0.6) is 5.75 Å². The second kappa shape index (κ2) is 4.67. The third-order valence-corrected chi connectivity index (χ3v) is 2.13. The van der Waals surface area contributed by atoms with Gasteiger partial charge in [-0.15, -0.1) is 0 Å². The summed E-state index contributed by atoms with van der Waals surface area (Å²) in [5.74, 6) is 0.803. The van der Waals surface area contributed by atoms with Crippen LogP contribution >= 0.6 is 22.6 Å². The summed E-state index contributed by atoms with van der Waals surface area (Å²) < 4.78 is 6.54. The van der Waals surface area contributed by atoms with Crippen molar-refractivity contribution in [3.05, 3.63) is 27.8 Å². The van der Waals surface area contributed by atoms with Crippen LogP contribution in [0, 0.1) is 3.57 Å². The van der Waals surface area contributed by atoms with Crippen LogP contribution in [-0.2, 0) is 0 Å². The third-order valence-electron chi connectivity index (χ3n) is 1.41. The van der Waals surface area contributed by atoms with Crippen molar-refractivity contribution in [3.8, 4) is 5.75 Å². The lowest BCUT2D eigenvalue weighted by Crippen LogP contribution is -2.15. The van der Waals surface area contributed by atoms with Gasteiger partial charge in [-0.05, 0) is 53.8 Å². The predicted molar refractivity (Wildman–Crippen MR) is 56.3 cm³/mol. The van der Waals surface area contributed by atoms with E-state index in [1.165, 1.54) is 3.57 Å². The monoisotopic (exact) mass is 278 g/mol. The van der Waals surface area contributed by atoms with Crippen molar-refractivity contribution in [1.82, 2.24) is 0 Å². The standard InChI is InChI=1S/C9H11IO2/c1-7(6-11)12-9-4-2-8(10)3-5-9/h2-5,7,11H,6H2,1H3/t7-/m1/s1. The first kappa shape index (κ1) is 9.80. The highest BCUT2D eigenvalue weighted by molar-refractivity contribution is 14.1. The molecule has 0 aliphatic rings. The summed E-state index contributed by atoms with van der Waals surface area (Å²) in [6, 6.07) is 7.74. The van der Waals surface area contributed by atoms with E-state index in [0.29, 0.717) is 0 Å². The van der Waals surface area contributed by atoms with Gasteiger partial charge < -0.3 is 9.84 Å². The van der Waals surface area contributed by atoms with Crippen molar-refractivity contribution in [1.29, 1.82) is 0 Å². The average Bonchev–Trinajstić information content (AvgIpc) is 2.09. The van der Waals surface area contributed by atoms with E-state index in [2.05, 4.69) is 22.6 Å². The van der Waals surface area contributed by atoms with Crippen molar-refractivity contribution in [2.24, 2.45) is 0 Å². The smallest absolute Gasteiger partial charge is 0.119 e. The van der Waals surface area contributed by atoms with Crippen LogP contribution in [0.15, 0.2) is 24.3 Å². The molecule has 0 aliphatic carbocycles. The van der Waals surface area contributed by atoms with Crippen LogP contribution in [0.3, 0.4) is 0 Å². The van der Waals surface area contributed by atoms with Gasteiger partial charge >= 0.3 is 0 Å². The van der Waals surface area contributed by atoms with Crippen LogP contribution in [0.2, 0.25) is 0 Å². The molecule has 0 radical (unpaired) electrons. The molecule has 0 unspecified atom stereocenters. The molecule has 3 heteroatoms. The molecular formula is C9H11IO2. The highest BCUT2D eigenvalue weighted by Gasteiger charge is 2.00. The van der Waals surface area contributed by atoms with Crippen molar-refractivity contribution in [2.75, 3.05) is 6.61 Å². The van der Waals surface area contributed by atoms with Crippen LogP contribution in [0.25, 0.3) is 0 Å². The largest absolute Gasteiger partial charge is 0.488 e. The fourth-order valence-electron chi connectivity index (χ4n) is 0.783. The summed E-state index contributed by atoms with van der Waals surface area (Å²) in [6.45, 7) is 1.88. The molecule has 1 aromatic rings. The fourth-order valence-corrected chi connectivity index (χ4v) is 1.14. The Morgan fingerprint density at radius 1 is 1.42 bits per heavy atom. The molecule has 1 aromatic carbocycles. The molecule has 1 N–H and O–H groups in total. The summed E-state index contributed by atoms with van der Waals surface area (Å²) in [7, 11) is 0. The van der Waals surface area contributed by atoms with Crippen molar-refractivity contribution in [2.45, 2.75) is 13.0 Å². The van der Waals surface area contributed by atoms with Gasteiger partial charge in [0.25, 0.3) is 0 Å². The molecule has 1 rings (SSSR count). The summed E-state index contributed by atoms with van der Waals surface area (Å²) in [4.78, 5) is 0. The Hall–Kier alpha value is -0.290. The highest BCUT2D eigenvalue weighted by Crippen LogP contribution is 2.14. The van der Waals surface area contributed by atoms with Crippen molar-refractivity contribution < 1.29 is 9.84 Å². The molecule has 0 saturated carbocycles. The van der Waals surface area contributed by atoms with Gasteiger partial charge in [0.15, 0.2) is 0 Å². The molecule has 66 valence electrons. The van der Waals surface area contributed by atoms with E-state index in [0.717, 1.165) is 5.75 Å². The first-order chi connectivity index (χ1) is 5.72. The second-order valence-corrected chi connectivity index (χ2v) is 3.81. The molecule has 0 heterocycles. The lowest BCUT2D eigenvalue weighted by atomic mass is 10.3. The Bertz CT molecular complexity index is 233. The van der Waals surface area contributed by atoms with Gasteiger partial charge in [0.1, 0.15) is 11.9 Å². The fraction of sp³-hybridized carbons (Fsp3) is 0.333. The predicted octanol–water partition coefficient (Wildman–Crippen LogP) is 2.05. The number of rotatable bonds is 3. The Kier molecular flexibility index (Phi) is 3.81. The third kappa shape index (κ3) is 2.98. The van der Waals surface area contributed by atoms with Gasteiger partial charge in [-0.3, -0.25) is 0 Å². The van der Waals surface area contributed by atoms with Gasteiger partial charge in [0, 0.05) is 3.57 Å². The first-order valence-corrected chi connectivity index (χ1v) is 4.83. The molecule has 0 aliphatic heterocycles. The minimum atomic E-state index is -0.134. The molecule has 0 spiro atoms. The van der Waals surface area contributed by atoms with Crippen molar-refractivity contribution >= 4 is 22.6 Å². The minimum absolute atomic E-state index is 0.0476. The summed E-state index contributed by atoms with van der Waals surface area (Å²) >= 11 is 2.23. The molecule has 12 heavy (non-hydrogen) atoms. The van der Waals surface area contributed by atoms with Gasteiger partial charge in [-0.1, -0.05) is 0 Å². The molecule has 0 saturated heterocycles. The maximum Gasteiger partial charge on any atom is 0.119 e. The Morgan fingerprint density at radius 3 is 2.50 bits per heavy atom. The Balaban J connectivity index is 2.58. The number of hydrogen-bond acceptors (Lipinski definition) is 2. The zero-order chi connectivity index (χ0) is 8.97. The van der Waals surface area contributed by atoms with Crippen LogP contribution < -0.4 is 4.74 Å². The minimum Gasteiger partial charge on any atom is -0.488 e. The molecule has 1 atom stereocenters. The maximum atomic E-state index is 8.72. The average molecular weight is 278 g/mol. The Labute approximate surface area is 85.7 Å². The lowest BCUT2D eigenvalue weighted by molar-refractivity contribution is 0.129. The summed E-state index contributed by atoms with van der Waals surface area (Å²) in [5, 5.41) is 8.72. The van der Waals surface area contributed by atoms with E-state index in [-0.39, 0.29) is 12.7 Å². The molecular weight excluding hydrogens is 267 g/mol. The van der Waals surface area contributed by atoms with Crippen LogP contribution in [0.4, 0.5) is 0 Å². The highest BCUT2D eigenvalue weighted by atomic mass is 127. The van der Waals surface area contributed by atoms with Gasteiger partial charge in [0.05, 0.1) is 6.61 Å². The van der Waals surface area contributed by atoms with E-state index in [9.17, 15) is 0 Å². The van der Waals surface area contributed by atoms with Crippen molar-refractivity contribution in [3.63, 3.8) is 0 Å². The molecule has 0 fully saturated rings. The number of benzene rings is 1. The summed E-state index contributed by atoms with van der Waals surface area (Å²) in [5.41, 5.74) is 0. The molecule has 0 amide bonds. The number of aliphatic hydroxyl groups excluding tert-OH is 1. The van der Waals surface area contributed by atoms with E-state index < -0.39 is 0 Å². The number of ether oxygens (including phenoxy) is 1. The van der Waals surface area contributed by atoms with E-state index >= 15 is 0 Å². The number of hydrogen-bond donors (Lipinski definition) is 1. The molecule has 0 bridgehead atoms. The molecule has 2 nitrogen and oxygen atoms in total. The zero-order valence-corrected chi connectivity index (χ0v) is 8.98. The summed E-state index contributed by atoms with van der Waals surface area (Å²) in [6.07, 6.45) is -0.134. The SMILES string of the molecule is C[C@H](CO)Oc1ccc(I)cc1. The van der Waals surface area contributed by atoms with Gasteiger partial charge in [-0.2, -0.15) is 0 Å². The maximum absolute atomic E-state index is 8.72.